The molecule has 3 rings (SSSR count). The summed E-state index contributed by atoms with van der Waals surface area (Å²) < 4.78 is 5.28. The molecule has 94 valence electrons. The van der Waals surface area contributed by atoms with Crippen LogP contribution in [-0.2, 0) is 0 Å². The molecule has 1 aromatic heterocycles. The molecule has 3 nitrogen and oxygen atoms in total. The van der Waals surface area contributed by atoms with E-state index in [0.29, 0.717) is 0 Å². The fourth-order valence-corrected chi connectivity index (χ4v) is 2.19. The van der Waals surface area contributed by atoms with Crippen LogP contribution >= 0.6 is 0 Å². The van der Waals surface area contributed by atoms with Crippen molar-refractivity contribution >= 4 is 16.5 Å². The predicted molar refractivity (Wildman–Crippen MR) is 78.1 cm³/mol. The summed E-state index contributed by atoms with van der Waals surface area (Å²) in [4.78, 5) is 4.48. The van der Waals surface area contributed by atoms with Crippen LogP contribution in [0.3, 0.4) is 0 Å². The van der Waals surface area contributed by atoms with Gasteiger partial charge in [-0.1, -0.05) is 18.2 Å². The molecular formula is C16H14N2O. The molecule has 2 N–H and O–H groups in total. The third-order valence-corrected chi connectivity index (χ3v) is 3.13. The lowest BCUT2D eigenvalue weighted by Gasteiger charge is -2.08. The second-order valence-electron chi connectivity index (χ2n) is 4.37. The van der Waals surface area contributed by atoms with Crippen molar-refractivity contribution in [1.82, 2.24) is 4.98 Å². The summed E-state index contributed by atoms with van der Waals surface area (Å²) in [5.74, 6) is 0.825. The maximum Gasteiger partial charge on any atom is 0.119 e. The number of pyridine rings is 1. The Morgan fingerprint density at radius 1 is 1.05 bits per heavy atom. The number of nitrogen functional groups attached to an aromatic ring is 1. The maximum absolute atomic E-state index is 5.84. The summed E-state index contributed by atoms with van der Waals surface area (Å²) in [5, 5.41) is 2.20. The van der Waals surface area contributed by atoms with Crippen LogP contribution < -0.4 is 10.5 Å². The number of rotatable bonds is 2. The number of hydrogen-bond donors (Lipinski definition) is 1. The Morgan fingerprint density at radius 2 is 1.95 bits per heavy atom. The van der Waals surface area contributed by atoms with Gasteiger partial charge in [-0.3, -0.25) is 4.98 Å². The predicted octanol–water partition coefficient (Wildman–Crippen LogP) is 3.49. The van der Waals surface area contributed by atoms with Crippen molar-refractivity contribution in [3.8, 4) is 17.0 Å². The highest BCUT2D eigenvalue weighted by atomic mass is 16.5. The van der Waals surface area contributed by atoms with Gasteiger partial charge in [-0.2, -0.15) is 0 Å². The summed E-state index contributed by atoms with van der Waals surface area (Å²) in [7, 11) is 1.66. The molecule has 0 atom stereocenters. The number of anilines is 1. The normalized spacial score (nSPS) is 10.6. The zero-order valence-corrected chi connectivity index (χ0v) is 10.6. The number of ether oxygens (including phenoxy) is 1. The number of hydrogen-bond acceptors (Lipinski definition) is 3. The minimum Gasteiger partial charge on any atom is -0.497 e. The van der Waals surface area contributed by atoms with Crippen LogP contribution in [0.2, 0.25) is 0 Å². The Balaban J connectivity index is 2.28. The first-order valence-corrected chi connectivity index (χ1v) is 6.06. The van der Waals surface area contributed by atoms with Gasteiger partial charge in [-0.15, -0.1) is 0 Å². The molecule has 0 fully saturated rings. The van der Waals surface area contributed by atoms with E-state index in [1.807, 2.05) is 54.7 Å². The number of fused-ring (bicyclic) bond motifs is 1. The summed E-state index contributed by atoms with van der Waals surface area (Å²) >= 11 is 0. The van der Waals surface area contributed by atoms with E-state index >= 15 is 0 Å². The SMILES string of the molecule is COc1ccc2ccnc(-c3cccc(N)c3)c2c1. The van der Waals surface area contributed by atoms with E-state index in [9.17, 15) is 0 Å². The number of benzene rings is 2. The standard InChI is InChI=1S/C16H14N2O/c1-19-14-6-5-11-7-8-18-16(15(11)10-14)12-3-2-4-13(17)9-12/h2-10H,17H2,1H3. The monoisotopic (exact) mass is 250 g/mol. The molecule has 2 aromatic carbocycles. The Hall–Kier alpha value is -2.55. The van der Waals surface area contributed by atoms with Crippen molar-refractivity contribution in [2.24, 2.45) is 0 Å². The lowest BCUT2D eigenvalue weighted by atomic mass is 10.0. The van der Waals surface area contributed by atoms with E-state index in [0.717, 1.165) is 33.5 Å². The lowest BCUT2D eigenvalue weighted by Crippen LogP contribution is -1.90. The van der Waals surface area contributed by atoms with Crippen molar-refractivity contribution in [3.05, 3.63) is 54.7 Å². The highest BCUT2D eigenvalue weighted by Gasteiger charge is 2.06. The molecule has 3 heteroatoms. The van der Waals surface area contributed by atoms with Crippen LogP contribution in [0.4, 0.5) is 5.69 Å². The molecule has 3 aromatic rings. The van der Waals surface area contributed by atoms with Gasteiger partial charge < -0.3 is 10.5 Å². The first kappa shape index (κ1) is 11.5. The Labute approximate surface area is 111 Å². The van der Waals surface area contributed by atoms with Gasteiger partial charge in [-0.25, -0.2) is 0 Å². The van der Waals surface area contributed by atoms with Gasteiger partial charge in [0, 0.05) is 22.8 Å². The first-order chi connectivity index (χ1) is 9.28. The molecule has 0 unspecified atom stereocenters. The molecule has 0 amide bonds. The van der Waals surface area contributed by atoms with E-state index in [-0.39, 0.29) is 0 Å². The molecule has 0 aliphatic carbocycles. The minimum atomic E-state index is 0.735. The van der Waals surface area contributed by atoms with Gasteiger partial charge in [0.05, 0.1) is 12.8 Å². The van der Waals surface area contributed by atoms with E-state index in [2.05, 4.69) is 4.98 Å². The first-order valence-electron chi connectivity index (χ1n) is 6.06. The average Bonchev–Trinajstić information content (AvgIpc) is 2.46. The van der Waals surface area contributed by atoms with E-state index in [1.165, 1.54) is 0 Å². The molecule has 0 radical (unpaired) electrons. The highest BCUT2D eigenvalue weighted by Crippen LogP contribution is 2.30. The van der Waals surface area contributed by atoms with Crippen LogP contribution in [-0.4, -0.2) is 12.1 Å². The summed E-state index contributed by atoms with van der Waals surface area (Å²) in [5.41, 5.74) is 8.51. The van der Waals surface area contributed by atoms with Gasteiger partial charge in [0.1, 0.15) is 5.75 Å². The largest absolute Gasteiger partial charge is 0.497 e. The van der Waals surface area contributed by atoms with Crippen LogP contribution in [0, 0.1) is 0 Å². The highest BCUT2D eigenvalue weighted by molar-refractivity contribution is 5.95. The number of aromatic nitrogens is 1. The summed E-state index contributed by atoms with van der Waals surface area (Å²) in [6, 6.07) is 15.7. The van der Waals surface area contributed by atoms with E-state index in [1.54, 1.807) is 7.11 Å². The zero-order chi connectivity index (χ0) is 13.2. The fraction of sp³-hybridized carbons (Fsp3) is 0.0625. The van der Waals surface area contributed by atoms with Gasteiger partial charge in [0.2, 0.25) is 0 Å². The molecule has 0 saturated carbocycles. The second kappa shape index (κ2) is 4.61. The molecule has 0 spiro atoms. The summed E-state index contributed by atoms with van der Waals surface area (Å²) in [6.07, 6.45) is 1.81. The molecule has 0 aliphatic heterocycles. The third kappa shape index (κ3) is 2.10. The van der Waals surface area contributed by atoms with Crippen molar-refractivity contribution in [3.63, 3.8) is 0 Å². The molecular weight excluding hydrogens is 236 g/mol. The molecule has 1 heterocycles. The quantitative estimate of drug-likeness (QED) is 0.708. The minimum absolute atomic E-state index is 0.735. The van der Waals surface area contributed by atoms with Gasteiger partial charge in [-0.05, 0) is 35.7 Å². The van der Waals surface area contributed by atoms with Crippen molar-refractivity contribution < 1.29 is 4.74 Å². The van der Waals surface area contributed by atoms with Gasteiger partial charge in [0.25, 0.3) is 0 Å². The molecule has 0 bridgehead atoms. The van der Waals surface area contributed by atoms with Crippen LogP contribution in [0.5, 0.6) is 5.75 Å². The van der Waals surface area contributed by atoms with Crippen molar-refractivity contribution in [1.29, 1.82) is 0 Å². The Morgan fingerprint density at radius 3 is 2.74 bits per heavy atom. The summed E-state index contributed by atoms with van der Waals surface area (Å²) in [6.45, 7) is 0. The van der Waals surface area contributed by atoms with E-state index in [4.69, 9.17) is 10.5 Å². The van der Waals surface area contributed by atoms with E-state index < -0.39 is 0 Å². The third-order valence-electron chi connectivity index (χ3n) is 3.13. The average molecular weight is 250 g/mol. The van der Waals surface area contributed by atoms with Crippen LogP contribution in [0.1, 0.15) is 0 Å². The Bertz CT molecular complexity index is 738. The van der Waals surface area contributed by atoms with Crippen LogP contribution in [0.25, 0.3) is 22.0 Å². The van der Waals surface area contributed by atoms with Crippen molar-refractivity contribution in [2.75, 3.05) is 12.8 Å². The van der Waals surface area contributed by atoms with Crippen molar-refractivity contribution in [2.45, 2.75) is 0 Å². The number of nitrogens with zero attached hydrogens (tertiary/aromatic N) is 1. The fourth-order valence-electron chi connectivity index (χ4n) is 2.19. The Kier molecular flexibility index (Phi) is 2.80. The molecule has 19 heavy (non-hydrogen) atoms. The smallest absolute Gasteiger partial charge is 0.119 e. The van der Waals surface area contributed by atoms with Gasteiger partial charge >= 0.3 is 0 Å². The maximum atomic E-state index is 5.84. The topological polar surface area (TPSA) is 48.1 Å². The molecule has 0 aliphatic rings. The zero-order valence-electron chi connectivity index (χ0n) is 10.6. The second-order valence-corrected chi connectivity index (χ2v) is 4.37. The lowest BCUT2D eigenvalue weighted by molar-refractivity contribution is 0.415. The number of nitrogens with two attached hydrogens (primary N) is 1. The molecule has 0 saturated heterocycles. The van der Waals surface area contributed by atoms with Gasteiger partial charge in [0.15, 0.2) is 0 Å². The van der Waals surface area contributed by atoms with Crippen LogP contribution in [0.15, 0.2) is 54.7 Å². The number of methoxy groups -OCH3 is 1.